The van der Waals surface area contributed by atoms with Crippen molar-refractivity contribution in [1.29, 1.82) is 0 Å². The predicted octanol–water partition coefficient (Wildman–Crippen LogP) is 2.65. The van der Waals surface area contributed by atoms with Gasteiger partial charge in [-0.1, -0.05) is 0 Å². The van der Waals surface area contributed by atoms with Gasteiger partial charge in [-0.2, -0.15) is 0 Å². The number of ether oxygens (including phenoxy) is 2. The first kappa shape index (κ1) is 19.9. The molecule has 6 nitrogen and oxygen atoms in total. The van der Waals surface area contributed by atoms with Gasteiger partial charge in [0.2, 0.25) is 5.91 Å². The average molecular weight is 329 g/mol. The van der Waals surface area contributed by atoms with Gasteiger partial charge in [0.15, 0.2) is 5.79 Å². The van der Waals surface area contributed by atoms with Gasteiger partial charge >= 0.3 is 5.97 Å². The average Bonchev–Trinajstić information content (AvgIpc) is 2.34. The van der Waals surface area contributed by atoms with Gasteiger partial charge in [-0.05, 0) is 48.5 Å². The summed E-state index contributed by atoms with van der Waals surface area (Å²) < 4.78 is 11.6. The van der Waals surface area contributed by atoms with Crippen molar-refractivity contribution >= 4 is 11.9 Å². The zero-order chi connectivity index (χ0) is 17.9. The van der Waals surface area contributed by atoms with Gasteiger partial charge < -0.3 is 19.5 Å². The Morgan fingerprint density at radius 1 is 1.13 bits per heavy atom. The maximum Gasteiger partial charge on any atom is 0.308 e. The van der Waals surface area contributed by atoms with Crippen molar-refractivity contribution in [1.82, 2.24) is 4.90 Å². The fourth-order valence-electron chi connectivity index (χ4n) is 3.21. The van der Waals surface area contributed by atoms with Crippen molar-refractivity contribution < 1.29 is 24.2 Å². The first-order valence-electron chi connectivity index (χ1n) is 8.34. The highest BCUT2D eigenvalue weighted by Gasteiger charge is 2.41. The second-order valence-corrected chi connectivity index (χ2v) is 7.35. The SMILES string of the molecule is CC(C(=O)O)[C@@H]1C[C@H](CC(=O)N(C(C)C)C(C)C)OC(C)(C)O1. The summed E-state index contributed by atoms with van der Waals surface area (Å²) in [4.78, 5) is 25.7. The van der Waals surface area contributed by atoms with E-state index in [9.17, 15) is 14.7 Å². The number of hydrogen-bond donors (Lipinski definition) is 1. The van der Waals surface area contributed by atoms with Crippen molar-refractivity contribution in [3.63, 3.8) is 0 Å². The molecule has 1 heterocycles. The second kappa shape index (κ2) is 7.62. The number of carboxylic acids is 1. The number of carboxylic acid groups (broad SMARTS) is 1. The molecule has 0 aromatic carbocycles. The standard InChI is InChI=1S/C17H31NO5/c1-10(2)18(11(3)4)15(19)9-13-8-14(12(5)16(20)21)23-17(6,7)22-13/h10-14H,8-9H2,1-7H3,(H,20,21)/t12?,13-,14+/m1/s1. The highest BCUT2D eigenvalue weighted by atomic mass is 16.7. The molecule has 1 aliphatic heterocycles. The topological polar surface area (TPSA) is 76.1 Å². The van der Waals surface area contributed by atoms with E-state index in [4.69, 9.17) is 9.47 Å². The minimum Gasteiger partial charge on any atom is -0.481 e. The number of aliphatic carboxylic acids is 1. The smallest absolute Gasteiger partial charge is 0.308 e. The molecule has 1 fully saturated rings. The minimum absolute atomic E-state index is 0.0272. The van der Waals surface area contributed by atoms with E-state index in [-0.39, 0.29) is 30.5 Å². The molecule has 134 valence electrons. The van der Waals surface area contributed by atoms with Gasteiger partial charge in [0.05, 0.1) is 24.5 Å². The van der Waals surface area contributed by atoms with Crippen molar-refractivity contribution in [2.24, 2.45) is 5.92 Å². The molecule has 6 heteroatoms. The van der Waals surface area contributed by atoms with Gasteiger partial charge in [0, 0.05) is 18.5 Å². The van der Waals surface area contributed by atoms with Crippen LogP contribution in [0.2, 0.25) is 0 Å². The lowest BCUT2D eigenvalue weighted by Gasteiger charge is -2.42. The molecule has 1 aliphatic rings. The van der Waals surface area contributed by atoms with Crippen LogP contribution in [-0.4, -0.2) is 52.0 Å². The van der Waals surface area contributed by atoms with E-state index in [2.05, 4.69) is 0 Å². The minimum atomic E-state index is -0.899. The molecule has 1 saturated heterocycles. The van der Waals surface area contributed by atoms with Gasteiger partial charge in [-0.3, -0.25) is 9.59 Å². The Bertz CT molecular complexity index is 425. The molecule has 0 aromatic heterocycles. The first-order valence-corrected chi connectivity index (χ1v) is 8.34. The van der Waals surface area contributed by atoms with Crippen molar-refractivity contribution in [3.05, 3.63) is 0 Å². The summed E-state index contributed by atoms with van der Waals surface area (Å²) in [6, 6.07) is 0.230. The zero-order valence-electron chi connectivity index (χ0n) is 15.3. The summed E-state index contributed by atoms with van der Waals surface area (Å²) in [7, 11) is 0. The van der Waals surface area contributed by atoms with Crippen molar-refractivity contribution in [2.45, 2.75) is 91.4 Å². The van der Waals surface area contributed by atoms with E-state index in [1.165, 1.54) is 0 Å². The summed E-state index contributed by atoms with van der Waals surface area (Å²) >= 11 is 0. The molecule has 0 spiro atoms. The van der Waals surface area contributed by atoms with E-state index in [0.29, 0.717) is 6.42 Å². The number of carbonyl (C=O) groups excluding carboxylic acids is 1. The molecule has 1 rings (SSSR count). The maximum atomic E-state index is 12.6. The van der Waals surface area contributed by atoms with Crippen molar-refractivity contribution in [3.8, 4) is 0 Å². The molecule has 0 aromatic rings. The van der Waals surface area contributed by atoms with Crippen molar-refractivity contribution in [2.75, 3.05) is 0 Å². The van der Waals surface area contributed by atoms with Crippen LogP contribution in [0.15, 0.2) is 0 Å². The Hall–Kier alpha value is -1.14. The Balaban J connectivity index is 2.82. The van der Waals surface area contributed by atoms with Crippen LogP contribution >= 0.6 is 0 Å². The highest BCUT2D eigenvalue weighted by molar-refractivity contribution is 5.77. The van der Waals surface area contributed by atoms with Crippen LogP contribution in [0.4, 0.5) is 0 Å². The third kappa shape index (κ3) is 5.46. The number of nitrogens with zero attached hydrogens (tertiary/aromatic N) is 1. The molecule has 0 saturated carbocycles. The molecule has 0 aliphatic carbocycles. The summed E-state index contributed by atoms with van der Waals surface area (Å²) in [5, 5.41) is 9.21. The Morgan fingerprint density at radius 2 is 1.65 bits per heavy atom. The fraction of sp³-hybridized carbons (Fsp3) is 0.882. The Kier molecular flexibility index (Phi) is 6.59. The van der Waals surface area contributed by atoms with Gasteiger partial charge in [0.1, 0.15) is 0 Å². The molecular weight excluding hydrogens is 298 g/mol. The van der Waals surface area contributed by atoms with Crippen LogP contribution in [0, 0.1) is 5.92 Å². The normalized spacial score (nSPS) is 25.4. The van der Waals surface area contributed by atoms with E-state index < -0.39 is 23.8 Å². The second-order valence-electron chi connectivity index (χ2n) is 7.35. The highest BCUT2D eigenvalue weighted by Crippen LogP contribution is 2.32. The summed E-state index contributed by atoms with van der Waals surface area (Å²) in [5.74, 6) is -2.40. The summed E-state index contributed by atoms with van der Waals surface area (Å²) in [6.07, 6.45) is -0.141. The van der Waals surface area contributed by atoms with E-state index >= 15 is 0 Å². The lowest BCUT2D eigenvalue weighted by atomic mass is 9.95. The monoisotopic (exact) mass is 329 g/mol. The Morgan fingerprint density at radius 3 is 2.09 bits per heavy atom. The summed E-state index contributed by atoms with van der Waals surface area (Å²) in [5.41, 5.74) is 0. The van der Waals surface area contributed by atoms with Crippen LogP contribution in [0.3, 0.4) is 0 Å². The van der Waals surface area contributed by atoms with Crippen LogP contribution in [0.5, 0.6) is 0 Å². The number of rotatable bonds is 6. The maximum absolute atomic E-state index is 12.6. The lowest BCUT2D eigenvalue weighted by Crippen LogP contribution is -2.50. The fourth-order valence-corrected chi connectivity index (χ4v) is 3.21. The zero-order valence-corrected chi connectivity index (χ0v) is 15.3. The van der Waals surface area contributed by atoms with Gasteiger partial charge in [0.25, 0.3) is 0 Å². The van der Waals surface area contributed by atoms with E-state index in [1.807, 2.05) is 32.6 Å². The molecular formula is C17H31NO5. The van der Waals surface area contributed by atoms with Crippen LogP contribution in [0.1, 0.15) is 61.3 Å². The molecule has 3 atom stereocenters. The molecule has 1 unspecified atom stereocenters. The Labute approximate surface area is 139 Å². The number of carbonyl (C=O) groups is 2. The number of hydrogen-bond acceptors (Lipinski definition) is 4. The van der Waals surface area contributed by atoms with Crippen LogP contribution in [0.25, 0.3) is 0 Å². The largest absolute Gasteiger partial charge is 0.481 e. The predicted molar refractivity (Wildman–Crippen MR) is 87.0 cm³/mol. The van der Waals surface area contributed by atoms with Gasteiger partial charge in [-0.25, -0.2) is 0 Å². The van der Waals surface area contributed by atoms with Gasteiger partial charge in [-0.15, -0.1) is 0 Å². The number of amides is 1. The third-order valence-corrected chi connectivity index (χ3v) is 4.13. The first-order chi connectivity index (χ1) is 10.4. The molecule has 1 amide bonds. The molecule has 0 bridgehead atoms. The summed E-state index contributed by atoms with van der Waals surface area (Å²) in [6.45, 7) is 13.1. The molecule has 1 N–H and O–H groups in total. The van der Waals surface area contributed by atoms with Crippen LogP contribution < -0.4 is 0 Å². The van der Waals surface area contributed by atoms with E-state index in [1.54, 1.807) is 20.8 Å². The third-order valence-electron chi connectivity index (χ3n) is 4.13. The molecule has 0 radical (unpaired) electrons. The van der Waals surface area contributed by atoms with E-state index in [0.717, 1.165) is 0 Å². The van der Waals surface area contributed by atoms with Crippen LogP contribution in [-0.2, 0) is 19.1 Å². The molecule has 23 heavy (non-hydrogen) atoms. The lowest BCUT2D eigenvalue weighted by molar-refractivity contribution is -0.306. The quantitative estimate of drug-likeness (QED) is 0.811.